The van der Waals surface area contributed by atoms with E-state index < -0.39 is 30.1 Å². The molecule has 3 aromatic rings. The molecule has 0 radical (unpaired) electrons. The van der Waals surface area contributed by atoms with Crippen LogP contribution in [0.1, 0.15) is 16.7 Å². The summed E-state index contributed by atoms with van der Waals surface area (Å²) >= 11 is 6.19. The second-order valence-electron chi connectivity index (χ2n) is 6.75. The van der Waals surface area contributed by atoms with Crippen LogP contribution in [-0.4, -0.2) is 12.5 Å². The molecule has 4 nitrogen and oxygen atoms in total. The first-order valence-corrected chi connectivity index (χ1v) is 9.81. The quantitative estimate of drug-likeness (QED) is 0.249. The predicted octanol–water partition coefficient (Wildman–Crippen LogP) is 6.58. The standard InChI is InChI=1S/C24H15ClF4N2O2/c25-19-12-15(11-17(13-30)16-6-8-18(9-7-16)24(27,28)29)5-10-22(19)33-14-23(32)31-21-4-2-1-3-20(21)26/h1-12H,14H2,(H,31,32)/b17-11-. The van der Waals surface area contributed by atoms with Crippen LogP contribution in [-0.2, 0) is 11.0 Å². The van der Waals surface area contributed by atoms with Gasteiger partial charge in [-0.15, -0.1) is 0 Å². The molecule has 1 amide bonds. The van der Waals surface area contributed by atoms with Gasteiger partial charge in [0.15, 0.2) is 6.61 Å². The number of nitrogens with zero attached hydrogens (tertiary/aromatic N) is 1. The van der Waals surface area contributed by atoms with E-state index in [1.165, 1.54) is 48.5 Å². The Morgan fingerprint density at radius 1 is 1.09 bits per heavy atom. The first kappa shape index (κ1) is 23.8. The average molecular weight is 475 g/mol. The fraction of sp³-hybridized carbons (Fsp3) is 0.0833. The Morgan fingerprint density at radius 2 is 1.79 bits per heavy atom. The maximum Gasteiger partial charge on any atom is 0.416 e. The summed E-state index contributed by atoms with van der Waals surface area (Å²) in [7, 11) is 0. The minimum absolute atomic E-state index is 0.0185. The molecule has 0 atom stereocenters. The molecule has 0 aliphatic carbocycles. The van der Waals surface area contributed by atoms with Crippen molar-refractivity contribution in [1.29, 1.82) is 5.26 Å². The van der Waals surface area contributed by atoms with E-state index in [1.54, 1.807) is 12.1 Å². The number of allylic oxidation sites excluding steroid dienone is 1. The van der Waals surface area contributed by atoms with Crippen molar-refractivity contribution in [1.82, 2.24) is 0 Å². The molecule has 0 fully saturated rings. The number of alkyl halides is 3. The Hall–Kier alpha value is -3.83. The molecule has 3 rings (SSSR count). The Kier molecular flexibility index (Phi) is 7.36. The van der Waals surface area contributed by atoms with Crippen molar-refractivity contribution in [2.45, 2.75) is 6.18 Å². The SMILES string of the molecule is N#C/C(=C/c1ccc(OCC(=O)Nc2ccccc2F)c(Cl)c1)c1ccc(C(F)(F)F)cc1. The van der Waals surface area contributed by atoms with Crippen molar-refractivity contribution in [2.24, 2.45) is 0 Å². The van der Waals surface area contributed by atoms with E-state index in [0.29, 0.717) is 11.1 Å². The fourth-order valence-corrected chi connectivity index (χ4v) is 3.05. The van der Waals surface area contributed by atoms with Gasteiger partial charge in [0.25, 0.3) is 5.91 Å². The summed E-state index contributed by atoms with van der Waals surface area (Å²) in [6.45, 7) is -0.418. The molecule has 0 unspecified atom stereocenters. The summed E-state index contributed by atoms with van der Waals surface area (Å²) in [6, 6.07) is 16.4. The molecular formula is C24H15ClF4N2O2. The highest BCUT2D eigenvalue weighted by Gasteiger charge is 2.30. The van der Waals surface area contributed by atoms with Crippen LogP contribution in [0.25, 0.3) is 11.6 Å². The number of carbonyl (C=O) groups excluding carboxylic acids is 1. The molecular weight excluding hydrogens is 460 g/mol. The van der Waals surface area contributed by atoms with Crippen molar-refractivity contribution in [3.63, 3.8) is 0 Å². The van der Waals surface area contributed by atoms with Crippen molar-refractivity contribution in [3.8, 4) is 11.8 Å². The van der Waals surface area contributed by atoms with E-state index in [-0.39, 0.29) is 22.0 Å². The zero-order valence-corrected chi connectivity index (χ0v) is 17.5. The second kappa shape index (κ2) is 10.2. The smallest absolute Gasteiger partial charge is 0.416 e. The monoisotopic (exact) mass is 474 g/mol. The van der Waals surface area contributed by atoms with E-state index in [9.17, 15) is 27.6 Å². The van der Waals surface area contributed by atoms with Gasteiger partial charge < -0.3 is 10.1 Å². The van der Waals surface area contributed by atoms with Gasteiger partial charge in [0.05, 0.1) is 27.9 Å². The molecule has 0 spiro atoms. The lowest BCUT2D eigenvalue weighted by Gasteiger charge is -2.10. The summed E-state index contributed by atoms with van der Waals surface area (Å²) in [5, 5.41) is 11.9. The van der Waals surface area contributed by atoms with Gasteiger partial charge in [0.1, 0.15) is 11.6 Å². The number of nitrogens with one attached hydrogen (secondary N) is 1. The van der Waals surface area contributed by atoms with Gasteiger partial charge in [-0.05, 0) is 53.6 Å². The first-order chi connectivity index (χ1) is 15.7. The van der Waals surface area contributed by atoms with Gasteiger partial charge in [-0.3, -0.25) is 4.79 Å². The number of halogens is 5. The molecule has 0 heterocycles. The van der Waals surface area contributed by atoms with Crippen LogP contribution in [0, 0.1) is 17.1 Å². The highest BCUT2D eigenvalue weighted by atomic mass is 35.5. The second-order valence-corrected chi connectivity index (χ2v) is 7.16. The molecule has 0 aliphatic rings. The number of benzene rings is 3. The van der Waals surface area contributed by atoms with E-state index in [2.05, 4.69) is 5.32 Å². The first-order valence-electron chi connectivity index (χ1n) is 9.43. The number of rotatable bonds is 6. The lowest BCUT2D eigenvalue weighted by Crippen LogP contribution is -2.20. The average Bonchev–Trinajstić information content (AvgIpc) is 2.78. The Balaban J connectivity index is 1.69. The third-order valence-corrected chi connectivity index (χ3v) is 4.71. The van der Waals surface area contributed by atoms with Crippen molar-refractivity contribution in [2.75, 3.05) is 11.9 Å². The van der Waals surface area contributed by atoms with Crippen molar-refractivity contribution >= 4 is 34.8 Å². The van der Waals surface area contributed by atoms with E-state index in [4.69, 9.17) is 16.3 Å². The summed E-state index contributed by atoms with van der Waals surface area (Å²) in [5.74, 6) is -0.985. The minimum atomic E-state index is -4.47. The van der Waals surface area contributed by atoms with E-state index in [1.807, 2.05) is 6.07 Å². The normalized spacial score (nSPS) is 11.6. The fourth-order valence-electron chi connectivity index (χ4n) is 2.80. The Labute approximate surface area is 191 Å². The van der Waals surface area contributed by atoms with Crippen LogP contribution in [0.3, 0.4) is 0 Å². The van der Waals surface area contributed by atoms with Gasteiger partial charge >= 0.3 is 6.18 Å². The van der Waals surface area contributed by atoms with Crippen LogP contribution >= 0.6 is 11.6 Å². The predicted molar refractivity (Wildman–Crippen MR) is 117 cm³/mol. The molecule has 168 valence electrons. The lowest BCUT2D eigenvalue weighted by molar-refractivity contribution is -0.137. The maximum absolute atomic E-state index is 13.6. The van der Waals surface area contributed by atoms with Gasteiger partial charge in [0.2, 0.25) is 0 Å². The third kappa shape index (κ3) is 6.34. The van der Waals surface area contributed by atoms with Crippen LogP contribution in [0.5, 0.6) is 5.75 Å². The zero-order valence-electron chi connectivity index (χ0n) is 16.8. The van der Waals surface area contributed by atoms with Crippen molar-refractivity contribution < 1.29 is 27.1 Å². The van der Waals surface area contributed by atoms with Crippen molar-refractivity contribution in [3.05, 3.63) is 94.3 Å². The minimum Gasteiger partial charge on any atom is -0.482 e. The number of amides is 1. The number of para-hydroxylation sites is 1. The topological polar surface area (TPSA) is 62.1 Å². The van der Waals surface area contributed by atoms with Crippen LogP contribution in [0.4, 0.5) is 23.2 Å². The van der Waals surface area contributed by atoms with Crippen LogP contribution in [0.15, 0.2) is 66.7 Å². The van der Waals surface area contributed by atoms with E-state index in [0.717, 1.165) is 12.1 Å². The number of hydrogen-bond acceptors (Lipinski definition) is 3. The highest BCUT2D eigenvalue weighted by Crippen LogP contribution is 2.31. The molecule has 0 saturated heterocycles. The van der Waals surface area contributed by atoms with E-state index >= 15 is 0 Å². The molecule has 33 heavy (non-hydrogen) atoms. The van der Waals surface area contributed by atoms with Gasteiger partial charge in [0, 0.05) is 0 Å². The lowest BCUT2D eigenvalue weighted by atomic mass is 10.0. The number of anilines is 1. The zero-order chi connectivity index (χ0) is 24.0. The van der Waals surface area contributed by atoms with Gasteiger partial charge in [-0.2, -0.15) is 18.4 Å². The Bertz CT molecular complexity index is 1230. The summed E-state index contributed by atoms with van der Waals surface area (Å²) < 4.78 is 57.1. The molecule has 0 bridgehead atoms. The summed E-state index contributed by atoms with van der Waals surface area (Å²) in [4.78, 5) is 12.0. The van der Waals surface area contributed by atoms with Crippen LogP contribution < -0.4 is 10.1 Å². The summed E-state index contributed by atoms with van der Waals surface area (Å²) in [6.07, 6.45) is -3.01. The van der Waals surface area contributed by atoms with Gasteiger partial charge in [-0.1, -0.05) is 41.9 Å². The largest absolute Gasteiger partial charge is 0.482 e. The third-order valence-electron chi connectivity index (χ3n) is 4.42. The number of hydrogen-bond donors (Lipinski definition) is 1. The molecule has 9 heteroatoms. The highest BCUT2D eigenvalue weighted by molar-refractivity contribution is 6.32. The molecule has 3 aromatic carbocycles. The molecule has 0 aromatic heterocycles. The number of ether oxygens (including phenoxy) is 1. The van der Waals surface area contributed by atoms with Gasteiger partial charge in [-0.25, -0.2) is 4.39 Å². The Morgan fingerprint density at radius 3 is 2.39 bits per heavy atom. The summed E-state index contributed by atoms with van der Waals surface area (Å²) in [5.41, 5.74) is 0.154. The molecule has 0 saturated carbocycles. The molecule has 1 N–H and O–H groups in total. The number of nitriles is 1. The number of carbonyl (C=O) groups is 1. The molecule has 0 aliphatic heterocycles. The maximum atomic E-state index is 13.6. The van der Waals surface area contributed by atoms with Crippen LogP contribution in [0.2, 0.25) is 5.02 Å².